The van der Waals surface area contributed by atoms with Crippen LogP contribution in [0.1, 0.15) is 26.7 Å². The van der Waals surface area contributed by atoms with Crippen molar-refractivity contribution in [3.63, 3.8) is 0 Å². The number of aldehydes is 2. The van der Waals surface area contributed by atoms with Crippen LogP contribution >= 0.6 is 0 Å². The SMILES string of the molecule is Cc1cccc(C=O)n1.O=Cc1ccccn1. The van der Waals surface area contributed by atoms with Crippen molar-refractivity contribution in [2.24, 2.45) is 0 Å². The fourth-order valence-electron chi connectivity index (χ4n) is 1.08. The van der Waals surface area contributed by atoms with E-state index >= 15 is 0 Å². The molecule has 0 fully saturated rings. The minimum atomic E-state index is 0.479. The quantitative estimate of drug-likeness (QED) is 0.738. The molecule has 17 heavy (non-hydrogen) atoms. The molecule has 0 spiro atoms. The highest BCUT2D eigenvalue weighted by atomic mass is 16.1. The van der Waals surface area contributed by atoms with E-state index in [1.807, 2.05) is 19.1 Å². The van der Waals surface area contributed by atoms with Gasteiger partial charge in [0.1, 0.15) is 11.4 Å². The van der Waals surface area contributed by atoms with Gasteiger partial charge in [0, 0.05) is 11.9 Å². The molecule has 0 aromatic carbocycles. The Labute approximate surface area is 99.4 Å². The predicted molar refractivity (Wildman–Crippen MR) is 64.0 cm³/mol. The number of carbonyl (C=O) groups excluding carboxylic acids is 2. The highest BCUT2D eigenvalue weighted by Gasteiger charge is 1.87. The topological polar surface area (TPSA) is 59.9 Å². The largest absolute Gasteiger partial charge is 0.296 e. The molecule has 0 saturated carbocycles. The number of carbonyl (C=O) groups is 2. The summed E-state index contributed by atoms with van der Waals surface area (Å²) >= 11 is 0. The number of nitrogens with zero attached hydrogens (tertiary/aromatic N) is 2. The van der Waals surface area contributed by atoms with Crippen molar-refractivity contribution in [1.82, 2.24) is 9.97 Å². The minimum absolute atomic E-state index is 0.479. The Kier molecular flexibility index (Phi) is 5.24. The Balaban J connectivity index is 0.000000171. The van der Waals surface area contributed by atoms with Gasteiger partial charge in [-0.25, -0.2) is 0 Å². The van der Waals surface area contributed by atoms with Gasteiger partial charge in [-0.2, -0.15) is 0 Å². The molecule has 0 amide bonds. The molecule has 2 aromatic rings. The van der Waals surface area contributed by atoms with Crippen LogP contribution in [0.3, 0.4) is 0 Å². The van der Waals surface area contributed by atoms with Crippen molar-refractivity contribution in [2.75, 3.05) is 0 Å². The molecule has 2 rings (SSSR count). The average Bonchev–Trinajstić information content (AvgIpc) is 2.40. The van der Waals surface area contributed by atoms with Crippen molar-refractivity contribution in [3.8, 4) is 0 Å². The van der Waals surface area contributed by atoms with Crippen LogP contribution in [0.5, 0.6) is 0 Å². The van der Waals surface area contributed by atoms with Gasteiger partial charge in [0.05, 0.1) is 0 Å². The Morgan fingerprint density at radius 2 is 1.65 bits per heavy atom. The first-order valence-electron chi connectivity index (χ1n) is 5.01. The molecule has 4 nitrogen and oxygen atoms in total. The Hall–Kier alpha value is -2.36. The lowest BCUT2D eigenvalue weighted by Gasteiger charge is -1.89. The van der Waals surface area contributed by atoms with Crippen molar-refractivity contribution in [2.45, 2.75) is 6.92 Å². The number of pyridine rings is 2. The minimum Gasteiger partial charge on any atom is -0.296 e. The third kappa shape index (κ3) is 4.79. The highest BCUT2D eigenvalue weighted by molar-refractivity contribution is 5.71. The van der Waals surface area contributed by atoms with E-state index < -0.39 is 0 Å². The molecule has 2 aromatic heterocycles. The van der Waals surface area contributed by atoms with Gasteiger partial charge in [-0.15, -0.1) is 0 Å². The van der Waals surface area contributed by atoms with Gasteiger partial charge < -0.3 is 0 Å². The van der Waals surface area contributed by atoms with E-state index in [1.165, 1.54) is 0 Å². The molecule has 0 aliphatic carbocycles. The smallest absolute Gasteiger partial charge is 0.168 e. The molecule has 0 unspecified atom stereocenters. The van der Waals surface area contributed by atoms with E-state index in [0.29, 0.717) is 11.4 Å². The summed E-state index contributed by atoms with van der Waals surface area (Å²) in [5.74, 6) is 0. The second-order valence-electron chi connectivity index (χ2n) is 3.19. The highest BCUT2D eigenvalue weighted by Crippen LogP contribution is 1.93. The first-order chi connectivity index (χ1) is 8.26. The van der Waals surface area contributed by atoms with Crippen molar-refractivity contribution >= 4 is 12.6 Å². The van der Waals surface area contributed by atoms with E-state index in [2.05, 4.69) is 9.97 Å². The van der Waals surface area contributed by atoms with E-state index in [9.17, 15) is 9.59 Å². The number of rotatable bonds is 2. The molecular formula is C13H12N2O2. The molecule has 4 heteroatoms. The lowest BCUT2D eigenvalue weighted by Crippen LogP contribution is -1.86. The molecule has 0 saturated heterocycles. The third-order valence-corrected chi connectivity index (χ3v) is 1.84. The summed E-state index contributed by atoms with van der Waals surface area (Å²) < 4.78 is 0. The first kappa shape index (κ1) is 12.7. The lowest BCUT2D eigenvalue weighted by atomic mass is 10.3. The second-order valence-corrected chi connectivity index (χ2v) is 3.19. The van der Waals surface area contributed by atoms with Crippen LogP contribution in [-0.4, -0.2) is 22.5 Å². The summed E-state index contributed by atoms with van der Waals surface area (Å²) in [6, 6.07) is 10.6. The molecule has 0 N–H and O–H groups in total. The van der Waals surface area contributed by atoms with Crippen LogP contribution in [0.2, 0.25) is 0 Å². The van der Waals surface area contributed by atoms with Crippen molar-refractivity contribution in [3.05, 3.63) is 59.7 Å². The maximum atomic E-state index is 10.1. The molecule has 2 heterocycles. The van der Waals surface area contributed by atoms with Crippen LogP contribution < -0.4 is 0 Å². The van der Waals surface area contributed by atoms with Gasteiger partial charge in [-0.3, -0.25) is 19.6 Å². The van der Waals surface area contributed by atoms with Crippen LogP contribution in [0.15, 0.2) is 42.6 Å². The fraction of sp³-hybridized carbons (Fsp3) is 0.0769. The first-order valence-corrected chi connectivity index (χ1v) is 5.01. The van der Waals surface area contributed by atoms with Gasteiger partial charge in [-0.05, 0) is 31.2 Å². The molecule has 0 aliphatic rings. The second kappa shape index (κ2) is 7.00. The predicted octanol–water partition coefficient (Wildman–Crippen LogP) is 2.10. The summed E-state index contributed by atoms with van der Waals surface area (Å²) in [4.78, 5) is 27.7. The Morgan fingerprint density at radius 3 is 2.06 bits per heavy atom. The number of hydrogen-bond donors (Lipinski definition) is 0. The van der Waals surface area contributed by atoms with Crippen LogP contribution in [0.25, 0.3) is 0 Å². The fourth-order valence-corrected chi connectivity index (χ4v) is 1.08. The molecular weight excluding hydrogens is 216 g/mol. The Morgan fingerprint density at radius 1 is 0.941 bits per heavy atom. The molecule has 0 aliphatic heterocycles. The Bertz CT molecular complexity index is 484. The van der Waals surface area contributed by atoms with E-state index in [4.69, 9.17) is 0 Å². The van der Waals surface area contributed by atoms with Crippen molar-refractivity contribution in [1.29, 1.82) is 0 Å². The zero-order valence-corrected chi connectivity index (χ0v) is 9.41. The maximum absolute atomic E-state index is 10.1. The van der Waals surface area contributed by atoms with Crippen molar-refractivity contribution < 1.29 is 9.59 Å². The van der Waals surface area contributed by atoms with Gasteiger partial charge >= 0.3 is 0 Å². The molecule has 0 atom stereocenters. The number of aryl methyl sites for hydroxylation is 1. The van der Waals surface area contributed by atoms with Gasteiger partial charge in [0.2, 0.25) is 0 Å². The third-order valence-electron chi connectivity index (χ3n) is 1.84. The molecule has 86 valence electrons. The summed E-state index contributed by atoms with van der Waals surface area (Å²) in [5.41, 5.74) is 1.85. The number of hydrogen-bond acceptors (Lipinski definition) is 4. The lowest BCUT2D eigenvalue weighted by molar-refractivity contribution is 0.111. The van der Waals surface area contributed by atoms with Gasteiger partial charge in [0.25, 0.3) is 0 Å². The summed E-state index contributed by atoms with van der Waals surface area (Å²) in [5, 5.41) is 0. The van der Waals surface area contributed by atoms with Crippen LogP contribution in [-0.2, 0) is 0 Å². The monoisotopic (exact) mass is 228 g/mol. The zero-order chi connectivity index (χ0) is 12.5. The maximum Gasteiger partial charge on any atom is 0.168 e. The number of aromatic nitrogens is 2. The summed E-state index contributed by atoms with van der Waals surface area (Å²) in [7, 11) is 0. The molecule has 0 radical (unpaired) electrons. The summed E-state index contributed by atoms with van der Waals surface area (Å²) in [6.45, 7) is 1.85. The normalized spacial score (nSPS) is 8.76. The standard InChI is InChI=1S/C7H7NO.C6H5NO/c1-6-3-2-4-7(5-9)8-6;8-5-6-3-1-2-4-7-6/h2-5H,1H3;1-5H. The van der Waals surface area contributed by atoms with Crippen LogP contribution in [0.4, 0.5) is 0 Å². The van der Waals surface area contributed by atoms with Crippen LogP contribution in [0, 0.1) is 6.92 Å². The van der Waals surface area contributed by atoms with Gasteiger partial charge in [-0.1, -0.05) is 12.1 Å². The average molecular weight is 228 g/mol. The van der Waals surface area contributed by atoms with E-state index in [0.717, 1.165) is 18.3 Å². The summed E-state index contributed by atoms with van der Waals surface area (Å²) in [6.07, 6.45) is 3.05. The molecule has 0 bridgehead atoms. The van der Waals surface area contributed by atoms with Gasteiger partial charge in [0.15, 0.2) is 12.6 Å². The van der Waals surface area contributed by atoms with E-state index in [1.54, 1.807) is 30.5 Å². The zero-order valence-electron chi connectivity index (χ0n) is 9.41. The van der Waals surface area contributed by atoms with E-state index in [-0.39, 0.29) is 0 Å².